The van der Waals surface area contributed by atoms with Crippen LogP contribution in [-0.4, -0.2) is 44.5 Å². The minimum Gasteiger partial charge on any atom is -0.493 e. The van der Waals surface area contributed by atoms with Crippen LogP contribution in [-0.2, 0) is 5.41 Å². The van der Waals surface area contributed by atoms with Crippen molar-refractivity contribution in [2.24, 2.45) is 11.6 Å². The predicted octanol–water partition coefficient (Wildman–Crippen LogP) is 1.55. The van der Waals surface area contributed by atoms with Crippen molar-refractivity contribution in [2.75, 3.05) is 27.8 Å². The van der Waals surface area contributed by atoms with Crippen LogP contribution in [0.4, 0.5) is 0 Å². The molecule has 1 aliphatic heterocycles. The molecule has 2 fully saturated rings. The molecule has 2 aliphatic rings. The molecule has 4 N–H and O–H groups in total. The van der Waals surface area contributed by atoms with Gasteiger partial charge in [0.25, 0.3) is 0 Å². The Bertz CT molecular complexity index is 561. The summed E-state index contributed by atoms with van der Waals surface area (Å²) in [5.74, 6) is 8.14. The molecule has 1 aromatic carbocycles. The Morgan fingerprint density at radius 3 is 2.59 bits per heavy atom. The zero-order valence-electron chi connectivity index (χ0n) is 13.8. The van der Waals surface area contributed by atoms with Gasteiger partial charge in [0.1, 0.15) is 6.04 Å². The maximum Gasteiger partial charge on any atom is 0.161 e. The third-order valence-corrected chi connectivity index (χ3v) is 5.84. The van der Waals surface area contributed by atoms with Crippen molar-refractivity contribution in [3.05, 3.63) is 23.8 Å². The third kappa shape index (κ3) is 2.28. The molecule has 0 aromatic heterocycles. The van der Waals surface area contributed by atoms with E-state index in [1.165, 1.54) is 5.56 Å². The summed E-state index contributed by atoms with van der Waals surface area (Å²) in [4.78, 5) is 0. The largest absolute Gasteiger partial charge is 0.493 e. The van der Waals surface area contributed by atoms with Gasteiger partial charge in [-0.3, -0.25) is 0 Å². The topological polar surface area (TPSA) is 70.5 Å². The van der Waals surface area contributed by atoms with Crippen LogP contribution in [0.1, 0.15) is 31.2 Å². The van der Waals surface area contributed by atoms with Gasteiger partial charge >= 0.3 is 0 Å². The molecular formula is C17H28N3O2+. The van der Waals surface area contributed by atoms with E-state index in [-0.39, 0.29) is 11.5 Å². The summed E-state index contributed by atoms with van der Waals surface area (Å²) >= 11 is 0. The second-order valence-electron chi connectivity index (χ2n) is 7.10. The van der Waals surface area contributed by atoms with E-state index in [9.17, 15) is 0 Å². The van der Waals surface area contributed by atoms with Crippen LogP contribution in [0.25, 0.3) is 0 Å². The molecule has 1 saturated heterocycles. The summed E-state index contributed by atoms with van der Waals surface area (Å²) in [6.45, 7) is 0.992. The van der Waals surface area contributed by atoms with E-state index in [2.05, 4.69) is 19.2 Å². The van der Waals surface area contributed by atoms with Crippen LogP contribution in [0.15, 0.2) is 18.2 Å². The number of nitrogens with two attached hydrogens (primary N) is 2. The van der Waals surface area contributed by atoms with Gasteiger partial charge in [-0.2, -0.15) is 5.84 Å². The lowest BCUT2D eigenvalue weighted by atomic mass is 9.65. The number of likely N-dealkylation sites (tertiary alicyclic amines) is 1. The standard InChI is InChI=1S/C17H28N3O2/c1-20(19)9-8-17(7-6-13(18)11-16(17)20)12-4-5-14(21-2)15(10-12)22-3/h4-5,10,13,16H,6-9,11,18-19H2,1-3H3/q+1/t13-,16+,17+,20?/m1/s1. The highest BCUT2D eigenvalue weighted by atomic mass is 16.5. The molecule has 4 atom stereocenters. The van der Waals surface area contributed by atoms with E-state index in [1.54, 1.807) is 14.2 Å². The summed E-state index contributed by atoms with van der Waals surface area (Å²) in [6, 6.07) is 6.95. The minimum absolute atomic E-state index is 0.110. The van der Waals surface area contributed by atoms with Gasteiger partial charge in [-0.05, 0) is 30.5 Å². The monoisotopic (exact) mass is 306 g/mol. The summed E-state index contributed by atoms with van der Waals surface area (Å²) in [5.41, 5.74) is 7.66. The minimum atomic E-state index is 0.110. The van der Waals surface area contributed by atoms with Crippen LogP contribution in [0.3, 0.4) is 0 Å². The summed E-state index contributed by atoms with van der Waals surface area (Å²) in [5, 5.41) is 0. The van der Waals surface area contributed by atoms with E-state index in [0.29, 0.717) is 10.6 Å². The smallest absolute Gasteiger partial charge is 0.161 e. The molecule has 1 aliphatic carbocycles. The number of nitrogens with zero attached hydrogens (tertiary/aromatic N) is 1. The Hall–Kier alpha value is -1.30. The molecular weight excluding hydrogens is 278 g/mol. The lowest BCUT2D eigenvalue weighted by molar-refractivity contribution is -0.936. The molecule has 0 radical (unpaired) electrons. The normalized spacial score (nSPS) is 37.7. The predicted molar refractivity (Wildman–Crippen MR) is 86.7 cm³/mol. The molecule has 5 nitrogen and oxygen atoms in total. The van der Waals surface area contributed by atoms with Crippen LogP contribution in [0.2, 0.25) is 0 Å². The van der Waals surface area contributed by atoms with Crippen molar-refractivity contribution in [2.45, 2.75) is 43.2 Å². The highest BCUT2D eigenvalue weighted by Crippen LogP contribution is 2.51. The second kappa shape index (κ2) is 5.41. The van der Waals surface area contributed by atoms with Gasteiger partial charge in [-0.1, -0.05) is 6.07 Å². The summed E-state index contributed by atoms with van der Waals surface area (Å²) < 4.78 is 11.4. The van der Waals surface area contributed by atoms with Crippen LogP contribution in [0, 0.1) is 0 Å². The highest BCUT2D eigenvalue weighted by molar-refractivity contribution is 5.46. The van der Waals surface area contributed by atoms with E-state index in [4.69, 9.17) is 21.1 Å². The Morgan fingerprint density at radius 2 is 1.91 bits per heavy atom. The number of fused-ring (bicyclic) bond motifs is 1. The molecule has 1 saturated carbocycles. The lowest BCUT2D eigenvalue weighted by Crippen LogP contribution is -2.61. The lowest BCUT2D eigenvalue weighted by Gasteiger charge is -2.44. The number of hydrogen-bond acceptors (Lipinski definition) is 4. The quantitative estimate of drug-likeness (QED) is 0.656. The molecule has 0 spiro atoms. The average molecular weight is 306 g/mol. The fourth-order valence-corrected chi connectivity index (χ4v) is 4.56. The highest BCUT2D eigenvalue weighted by Gasteiger charge is 2.58. The van der Waals surface area contributed by atoms with Gasteiger partial charge in [-0.15, -0.1) is 0 Å². The number of hydrogen-bond donors (Lipinski definition) is 2. The van der Waals surface area contributed by atoms with Gasteiger partial charge in [0.05, 0.1) is 33.2 Å². The van der Waals surface area contributed by atoms with Crippen molar-refractivity contribution in [3.63, 3.8) is 0 Å². The van der Waals surface area contributed by atoms with Crippen molar-refractivity contribution in [3.8, 4) is 11.5 Å². The number of ether oxygens (including phenoxy) is 2. The third-order valence-electron chi connectivity index (χ3n) is 5.84. The van der Waals surface area contributed by atoms with Gasteiger partial charge < -0.3 is 15.2 Å². The Kier molecular flexibility index (Phi) is 3.83. The molecule has 0 amide bonds. The van der Waals surface area contributed by atoms with E-state index in [0.717, 1.165) is 43.7 Å². The first kappa shape index (κ1) is 15.6. The summed E-state index contributed by atoms with van der Waals surface area (Å²) in [7, 11) is 5.48. The van der Waals surface area contributed by atoms with Crippen molar-refractivity contribution in [1.29, 1.82) is 0 Å². The Labute approximate surface area is 132 Å². The van der Waals surface area contributed by atoms with Crippen LogP contribution < -0.4 is 21.1 Å². The first-order chi connectivity index (χ1) is 10.4. The first-order valence-electron chi connectivity index (χ1n) is 8.05. The summed E-state index contributed by atoms with van der Waals surface area (Å²) in [6.07, 6.45) is 4.25. The molecule has 0 bridgehead atoms. The SMILES string of the molecule is COc1ccc([C@@]23CC[C@@H](N)C[C@@H]2[N+](C)(N)CC3)cc1OC. The fraction of sp³-hybridized carbons (Fsp3) is 0.647. The van der Waals surface area contributed by atoms with Crippen molar-refractivity contribution in [1.82, 2.24) is 0 Å². The fourth-order valence-electron chi connectivity index (χ4n) is 4.56. The van der Waals surface area contributed by atoms with Gasteiger partial charge in [0.15, 0.2) is 11.5 Å². The van der Waals surface area contributed by atoms with Gasteiger partial charge in [0, 0.05) is 18.9 Å². The zero-order chi connectivity index (χ0) is 16.0. The maximum absolute atomic E-state index is 6.57. The van der Waals surface area contributed by atoms with Gasteiger partial charge in [0.2, 0.25) is 0 Å². The second-order valence-corrected chi connectivity index (χ2v) is 7.10. The molecule has 3 rings (SSSR count). The zero-order valence-corrected chi connectivity index (χ0v) is 13.8. The molecule has 1 aromatic rings. The molecule has 1 heterocycles. The Balaban J connectivity index is 2.05. The van der Waals surface area contributed by atoms with Crippen LogP contribution >= 0.6 is 0 Å². The van der Waals surface area contributed by atoms with Crippen molar-refractivity contribution < 1.29 is 14.1 Å². The van der Waals surface area contributed by atoms with E-state index >= 15 is 0 Å². The average Bonchev–Trinajstić information content (AvgIpc) is 2.79. The van der Waals surface area contributed by atoms with E-state index < -0.39 is 0 Å². The number of quaternary nitrogens is 1. The molecule has 5 heteroatoms. The number of likely N-dealkylation sites (N-methyl/N-ethyl adjacent to an activating group) is 1. The number of rotatable bonds is 3. The maximum atomic E-state index is 6.57. The molecule has 122 valence electrons. The number of methoxy groups -OCH3 is 2. The van der Waals surface area contributed by atoms with Crippen molar-refractivity contribution >= 4 is 0 Å². The first-order valence-corrected chi connectivity index (χ1v) is 8.05. The molecule has 22 heavy (non-hydrogen) atoms. The Morgan fingerprint density at radius 1 is 1.18 bits per heavy atom. The number of benzene rings is 1. The molecule has 1 unspecified atom stereocenters. The van der Waals surface area contributed by atoms with Crippen LogP contribution in [0.5, 0.6) is 11.5 Å². The van der Waals surface area contributed by atoms with E-state index in [1.807, 2.05) is 6.07 Å². The van der Waals surface area contributed by atoms with Gasteiger partial charge in [-0.25, -0.2) is 4.59 Å².